The van der Waals surface area contributed by atoms with Crippen LogP contribution in [0, 0.1) is 0 Å². The molecule has 2 aromatic rings. The second-order valence-corrected chi connectivity index (χ2v) is 2.41. The van der Waals surface area contributed by atoms with E-state index in [9.17, 15) is 0 Å². The fourth-order valence-electron chi connectivity index (χ4n) is 1.12. The highest BCUT2D eigenvalue weighted by Gasteiger charge is 1.97. The van der Waals surface area contributed by atoms with Crippen molar-refractivity contribution in [2.24, 2.45) is 0 Å². The van der Waals surface area contributed by atoms with Crippen LogP contribution in [0.25, 0.3) is 10.9 Å². The molecule has 0 N–H and O–H groups in total. The Morgan fingerprint density at radius 3 is 2.82 bits per heavy atom. The normalized spacial score (nSPS) is 10.3. The number of fused-ring (bicyclic) bond motifs is 1. The van der Waals surface area contributed by atoms with Gasteiger partial charge in [-0.05, 0) is 12.1 Å². The summed E-state index contributed by atoms with van der Waals surface area (Å²) in [5, 5.41) is 1.12. The molecule has 0 unspecified atom stereocenters. The Balaban J connectivity index is 2.76. The maximum Gasteiger partial charge on any atom is 0.165 e. The van der Waals surface area contributed by atoms with Gasteiger partial charge in [-0.15, -0.1) is 0 Å². The van der Waals surface area contributed by atoms with Crippen LogP contribution in [0.4, 0.5) is 0 Å². The predicted octanol–water partition coefficient (Wildman–Crippen LogP) is 2.22. The van der Waals surface area contributed by atoms with E-state index in [1.807, 2.05) is 30.3 Å². The van der Waals surface area contributed by atoms with Crippen LogP contribution >= 0.6 is 11.9 Å². The first-order chi connectivity index (χ1) is 5.42. The van der Waals surface area contributed by atoms with Crippen LogP contribution in [-0.4, -0.2) is 4.73 Å². The average Bonchev–Trinajstić information content (AvgIpc) is 2.47. The number of hydrogen-bond acceptors (Lipinski definition) is 1. The fourth-order valence-corrected chi connectivity index (χ4v) is 1.24. The van der Waals surface area contributed by atoms with Crippen molar-refractivity contribution in [1.82, 2.24) is 4.73 Å². The Kier molecular flexibility index (Phi) is 1.47. The monoisotopic (exact) mass is 167 g/mol. The summed E-state index contributed by atoms with van der Waals surface area (Å²) < 4.78 is 6.07. The lowest BCUT2D eigenvalue weighted by Gasteiger charge is -1.96. The Bertz CT molecular complexity index is 369. The summed E-state index contributed by atoms with van der Waals surface area (Å²) >= 11 is 5.21. The lowest BCUT2D eigenvalue weighted by atomic mass is 10.3. The van der Waals surface area contributed by atoms with Gasteiger partial charge in [-0.1, -0.05) is 18.2 Å². The number of aromatic nitrogens is 1. The quantitative estimate of drug-likeness (QED) is 0.635. The molecule has 1 aromatic heterocycles. The van der Waals surface area contributed by atoms with Crippen molar-refractivity contribution in [2.75, 3.05) is 0 Å². The van der Waals surface area contributed by atoms with Gasteiger partial charge in [0.25, 0.3) is 0 Å². The lowest BCUT2D eigenvalue weighted by Crippen LogP contribution is -1.96. The van der Waals surface area contributed by atoms with Gasteiger partial charge in [0.1, 0.15) is 0 Å². The zero-order chi connectivity index (χ0) is 7.68. The molecule has 0 aliphatic rings. The second-order valence-electron chi connectivity index (χ2n) is 2.27. The molecule has 0 spiro atoms. The SMILES string of the molecule is ClOn1ccc2ccccc21. The molecule has 0 saturated carbocycles. The van der Waals surface area contributed by atoms with Gasteiger partial charge in [-0.2, -0.15) is 4.73 Å². The van der Waals surface area contributed by atoms with Crippen molar-refractivity contribution in [2.45, 2.75) is 0 Å². The first kappa shape index (κ1) is 6.55. The zero-order valence-electron chi connectivity index (χ0n) is 5.70. The van der Waals surface area contributed by atoms with E-state index >= 15 is 0 Å². The third-order valence-electron chi connectivity index (χ3n) is 1.64. The molecule has 0 amide bonds. The fraction of sp³-hybridized carbons (Fsp3) is 0. The first-order valence-electron chi connectivity index (χ1n) is 3.27. The van der Waals surface area contributed by atoms with Gasteiger partial charge in [0.05, 0.1) is 5.52 Å². The molecular weight excluding hydrogens is 162 g/mol. The molecule has 3 heteroatoms. The van der Waals surface area contributed by atoms with E-state index in [1.54, 1.807) is 6.20 Å². The number of nitrogens with zero attached hydrogens (tertiary/aromatic N) is 1. The number of halogens is 1. The summed E-state index contributed by atoms with van der Waals surface area (Å²) in [5.74, 6) is 0. The third kappa shape index (κ3) is 0.955. The maximum absolute atomic E-state index is 5.21. The summed E-state index contributed by atoms with van der Waals surface area (Å²) in [6.07, 6.45) is 1.78. The van der Waals surface area contributed by atoms with Gasteiger partial charge in [0, 0.05) is 11.6 Å². The molecule has 0 radical (unpaired) electrons. The molecule has 0 bridgehead atoms. The van der Waals surface area contributed by atoms with E-state index in [0.29, 0.717) is 0 Å². The van der Waals surface area contributed by atoms with E-state index in [0.717, 1.165) is 10.9 Å². The summed E-state index contributed by atoms with van der Waals surface area (Å²) in [6.45, 7) is 0. The van der Waals surface area contributed by atoms with E-state index < -0.39 is 0 Å². The standard InChI is InChI=1S/C8H6ClNO/c9-11-10-6-5-7-3-1-2-4-8(7)10/h1-6H. The van der Waals surface area contributed by atoms with Crippen LogP contribution in [0.5, 0.6) is 0 Å². The molecule has 0 atom stereocenters. The molecule has 2 rings (SSSR count). The topological polar surface area (TPSA) is 14.2 Å². The van der Waals surface area contributed by atoms with Gasteiger partial charge in [-0.3, -0.25) is 4.39 Å². The minimum atomic E-state index is 0.975. The highest BCUT2D eigenvalue weighted by Crippen LogP contribution is 2.13. The number of benzene rings is 1. The molecule has 0 aliphatic carbocycles. The molecular formula is C8H6ClNO. The van der Waals surface area contributed by atoms with Crippen molar-refractivity contribution in [3.63, 3.8) is 0 Å². The molecule has 56 valence electrons. The molecule has 0 fully saturated rings. The smallest absolute Gasteiger partial charge is 0.165 e. The summed E-state index contributed by atoms with van der Waals surface area (Å²) in [4.78, 5) is 0. The van der Waals surface area contributed by atoms with Gasteiger partial charge < -0.3 is 0 Å². The van der Waals surface area contributed by atoms with Crippen molar-refractivity contribution in [3.05, 3.63) is 36.5 Å². The van der Waals surface area contributed by atoms with Gasteiger partial charge >= 0.3 is 0 Å². The Morgan fingerprint density at radius 2 is 2.00 bits per heavy atom. The molecule has 11 heavy (non-hydrogen) atoms. The minimum absolute atomic E-state index is 0.975. The second kappa shape index (κ2) is 2.47. The summed E-state index contributed by atoms with van der Waals surface area (Å²) in [6, 6.07) is 9.80. The van der Waals surface area contributed by atoms with Crippen LogP contribution in [-0.2, 0) is 0 Å². The van der Waals surface area contributed by atoms with E-state index in [4.69, 9.17) is 11.9 Å². The van der Waals surface area contributed by atoms with Gasteiger partial charge in [-0.25, -0.2) is 0 Å². The Hall–Kier alpha value is -1.15. The average molecular weight is 168 g/mol. The summed E-state index contributed by atoms with van der Waals surface area (Å²) in [7, 11) is 0. The van der Waals surface area contributed by atoms with Crippen LogP contribution in [0.2, 0.25) is 0 Å². The highest BCUT2D eigenvalue weighted by atomic mass is 35.5. The van der Waals surface area contributed by atoms with Crippen molar-refractivity contribution in [1.29, 1.82) is 0 Å². The third-order valence-corrected chi connectivity index (χ3v) is 1.79. The van der Waals surface area contributed by atoms with E-state index in [-0.39, 0.29) is 0 Å². The van der Waals surface area contributed by atoms with Crippen LogP contribution in [0.3, 0.4) is 0 Å². The van der Waals surface area contributed by atoms with E-state index in [2.05, 4.69) is 4.39 Å². The number of rotatable bonds is 1. The minimum Gasteiger partial charge on any atom is -0.296 e. The van der Waals surface area contributed by atoms with Crippen molar-refractivity contribution < 1.29 is 4.39 Å². The van der Waals surface area contributed by atoms with Gasteiger partial charge in [0.15, 0.2) is 11.9 Å². The molecule has 1 aromatic carbocycles. The van der Waals surface area contributed by atoms with Crippen LogP contribution in [0.15, 0.2) is 36.5 Å². The Morgan fingerprint density at radius 1 is 1.18 bits per heavy atom. The molecule has 0 aliphatic heterocycles. The lowest BCUT2D eigenvalue weighted by molar-refractivity contribution is 0.320. The molecule has 0 saturated heterocycles. The predicted molar refractivity (Wildman–Crippen MR) is 44.4 cm³/mol. The maximum atomic E-state index is 5.21. The van der Waals surface area contributed by atoms with Crippen molar-refractivity contribution in [3.8, 4) is 0 Å². The number of para-hydroxylation sites is 1. The number of hydrogen-bond donors (Lipinski definition) is 0. The molecule has 1 heterocycles. The Labute approximate surface area is 69.1 Å². The first-order valence-corrected chi connectivity index (χ1v) is 3.58. The van der Waals surface area contributed by atoms with E-state index in [1.165, 1.54) is 4.73 Å². The van der Waals surface area contributed by atoms with Gasteiger partial charge in [0.2, 0.25) is 0 Å². The van der Waals surface area contributed by atoms with Crippen molar-refractivity contribution >= 4 is 22.8 Å². The summed E-state index contributed by atoms with van der Waals surface area (Å²) in [5.41, 5.74) is 0.975. The van der Waals surface area contributed by atoms with Crippen LogP contribution in [0.1, 0.15) is 0 Å². The molecule has 2 nitrogen and oxygen atoms in total. The van der Waals surface area contributed by atoms with Crippen LogP contribution < -0.4 is 4.39 Å². The highest BCUT2D eigenvalue weighted by molar-refractivity contribution is 6.07. The largest absolute Gasteiger partial charge is 0.296 e. The zero-order valence-corrected chi connectivity index (χ0v) is 6.45.